The summed E-state index contributed by atoms with van der Waals surface area (Å²) in [5.74, 6) is -0.385. The second kappa shape index (κ2) is 6.67. The van der Waals surface area contributed by atoms with E-state index in [1.165, 1.54) is 0 Å². The lowest BCUT2D eigenvalue weighted by atomic mass is 10.1. The summed E-state index contributed by atoms with van der Waals surface area (Å²) in [6.45, 7) is 0.179. The number of thiophene rings is 1. The van der Waals surface area contributed by atoms with Crippen LogP contribution in [0.25, 0.3) is 10.4 Å². The van der Waals surface area contributed by atoms with Gasteiger partial charge in [0.25, 0.3) is 3.79 Å². The summed E-state index contributed by atoms with van der Waals surface area (Å²) in [5.41, 5.74) is 1.97. The zero-order valence-corrected chi connectivity index (χ0v) is 14.7. The van der Waals surface area contributed by atoms with E-state index in [1.54, 1.807) is 11.3 Å². The van der Waals surface area contributed by atoms with E-state index in [4.69, 9.17) is 44.9 Å². The van der Waals surface area contributed by atoms with Gasteiger partial charge in [-0.25, -0.2) is 0 Å². The van der Waals surface area contributed by atoms with E-state index in [9.17, 15) is 0 Å². The van der Waals surface area contributed by atoms with Crippen molar-refractivity contribution in [1.29, 1.82) is 5.41 Å². The van der Waals surface area contributed by atoms with Gasteiger partial charge < -0.3 is 4.74 Å². The predicted molar refractivity (Wildman–Crippen MR) is 90.3 cm³/mol. The van der Waals surface area contributed by atoms with E-state index in [0.29, 0.717) is 0 Å². The van der Waals surface area contributed by atoms with Crippen LogP contribution in [0.5, 0.6) is 0 Å². The Bertz CT molecular complexity index is 624. The van der Waals surface area contributed by atoms with Crippen molar-refractivity contribution in [3.63, 3.8) is 0 Å². The number of ether oxygens (including phenoxy) is 1. The highest BCUT2D eigenvalue weighted by molar-refractivity contribution is 9.10. The SMILES string of the molecule is N=C(OCc1ccccc1-c1cc(Br)cs1)C(Cl)(Cl)Cl. The summed E-state index contributed by atoms with van der Waals surface area (Å²) in [7, 11) is 0. The molecule has 1 aromatic carbocycles. The van der Waals surface area contributed by atoms with Crippen LogP contribution in [-0.2, 0) is 11.3 Å². The van der Waals surface area contributed by atoms with E-state index in [-0.39, 0.29) is 12.5 Å². The van der Waals surface area contributed by atoms with E-state index in [1.807, 2.05) is 35.7 Å². The van der Waals surface area contributed by atoms with Crippen molar-refractivity contribution in [3.05, 3.63) is 45.7 Å². The maximum Gasteiger partial charge on any atom is 0.265 e. The molecule has 2 rings (SSSR count). The second-order valence-corrected chi connectivity index (χ2v) is 8.01. The first-order valence-electron chi connectivity index (χ1n) is 5.49. The zero-order valence-electron chi connectivity index (χ0n) is 10.00. The molecule has 1 aromatic heterocycles. The Kier molecular flexibility index (Phi) is 5.37. The van der Waals surface area contributed by atoms with Gasteiger partial charge in [0.1, 0.15) is 6.61 Å². The van der Waals surface area contributed by atoms with Gasteiger partial charge in [-0.15, -0.1) is 11.3 Å². The molecule has 2 aromatic rings. The topological polar surface area (TPSA) is 33.1 Å². The van der Waals surface area contributed by atoms with E-state index >= 15 is 0 Å². The van der Waals surface area contributed by atoms with Gasteiger partial charge in [-0.2, -0.15) is 0 Å². The molecule has 0 spiro atoms. The second-order valence-electron chi connectivity index (χ2n) is 3.90. The Labute approximate surface area is 144 Å². The van der Waals surface area contributed by atoms with Crippen LogP contribution in [0.2, 0.25) is 0 Å². The van der Waals surface area contributed by atoms with Gasteiger partial charge in [0, 0.05) is 14.7 Å². The van der Waals surface area contributed by atoms with Gasteiger partial charge >= 0.3 is 0 Å². The minimum absolute atomic E-state index is 0.179. The lowest BCUT2D eigenvalue weighted by Gasteiger charge is -2.15. The molecule has 7 heteroatoms. The van der Waals surface area contributed by atoms with Crippen molar-refractivity contribution in [3.8, 4) is 10.4 Å². The summed E-state index contributed by atoms with van der Waals surface area (Å²) in [5, 5.41) is 9.56. The molecule has 0 saturated heterocycles. The van der Waals surface area contributed by atoms with Crippen LogP contribution in [0.3, 0.4) is 0 Å². The van der Waals surface area contributed by atoms with E-state index < -0.39 is 3.79 Å². The van der Waals surface area contributed by atoms with Crippen molar-refractivity contribution in [2.75, 3.05) is 0 Å². The van der Waals surface area contributed by atoms with Gasteiger partial charge in [0.2, 0.25) is 5.90 Å². The molecule has 0 unspecified atom stereocenters. The molecule has 106 valence electrons. The normalized spacial score (nSPS) is 11.4. The van der Waals surface area contributed by atoms with Crippen molar-refractivity contribution in [1.82, 2.24) is 0 Å². The van der Waals surface area contributed by atoms with Crippen LogP contribution in [0, 0.1) is 5.41 Å². The fourth-order valence-corrected chi connectivity index (χ4v) is 3.23. The lowest BCUT2D eigenvalue weighted by molar-refractivity contribution is 0.284. The third-order valence-corrected chi connectivity index (χ3v) is 4.72. The summed E-state index contributed by atoms with van der Waals surface area (Å²) in [4.78, 5) is 1.11. The molecule has 0 aliphatic heterocycles. The van der Waals surface area contributed by atoms with Gasteiger partial charge in [-0.1, -0.05) is 59.1 Å². The molecule has 1 N–H and O–H groups in total. The molecule has 0 aliphatic carbocycles. The third kappa shape index (κ3) is 4.12. The maximum atomic E-state index is 7.55. The maximum absolute atomic E-state index is 7.55. The lowest BCUT2D eigenvalue weighted by Crippen LogP contribution is -2.21. The first-order chi connectivity index (χ1) is 9.38. The van der Waals surface area contributed by atoms with E-state index in [0.717, 1.165) is 20.5 Å². The summed E-state index contributed by atoms with van der Waals surface area (Å²) in [6.07, 6.45) is 0. The molecule has 2 nitrogen and oxygen atoms in total. The van der Waals surface area contributed by atoms with Gasteiger partial charge in [0.05, 0.1) is 0 Å². The molecular formula is C13H9BrCl3NOS. The van der Waals surface area contributed by atoms with Gasteiger partial charge in [-0.3, -0.25) is 5.41 Å². The van der Waals surface area contributed by atoms with Crippen molar-refractivity contribution < 1.29 is 4.74 Å². The average Bonchev–Trinajstić information content (AvgIpc) is 2.81. The number of benzene rings is 1. The van der Waals surface area contributed by atoms with Crippen LogP contribution >= 0.6 is 62.1 Å². The Morgan fingerprint density at radius 2 is 2.00 bits per heavy atom. The largest absolute Gasteiger partial charge is 0.473 e. The fraction of sp³-hybridized carbons (Fsp3) is 0.154. The summed E-state index contributed by atoms with van der Waals surface area (Å²) < 4.78 is 4.44. The standard InChI is InChI=1S/C13H9BrCl3NOS/c14-9-5-11(20-7-9)10-4-2-1-3-8(10)6-19-12(18)13(15,16)17/h1-5,7,18H,6H2. The smallest absolute Gasteiger partial charge is 0.265 e. The van der Waals surface area contributed by atoms with Crippen LogP contribution in [0.4, 0.5) is 0 Å². The van der Waals surface area contributed by atoms with Crippen molar-refractivity contribution in [2.45, 2.75) is 10.4 Å². The summed E-state index contributed by atoms with van der Waals surface area (Å²) in [6, 6.07) is 9.81. The highest BCUT2D eigenvalue weighted by Gasteiger charge is 2.28. The molecule has 0 atom stereocenters. The number of alkyl halides is 3. The number of hydrogen-bond acceptors (Lipinski definition) is 3. The summed E-state index contributed by atoms with van der Waals surface area (Å²) >= 11 is 21.8. The van der Waals surface area contributed by atoms with Crippen LogP contribution < -0.4 is 0 Å². The van der Waals surface area contributed by atoms with Crippen LogP contribution in [0.15, 0.2) is 40.2 Å². The first-order valence-corrected chi connectivity index (χ1v) is 8.29. The van der Waals surface area contributed by atoms with Crippen LogP contribution in [0.1, 0.15) is 5.56 Å². The molecule has 0 aliphatic rings. The first kappa shape index (κ1) is 16.1. The minimum atomic E-state index is -1.83. The minimum Gasteiger partial charge on any atom is -0.473 e. The number of nitrogens with one attached hydrogen (secondary N) is 1. The van der Waals surface area contributed by atoms with Gasteiger partial charge in [0.15, 0.2) is 0 Å². The third-order valence-electron chi connectivity index (χ3n) is 2.48. The zero-order chi connectivity index (χ0) is 14.8. The Morgan fingerprint density at radius 1 is 1.30 bits per heavy atom. The van der Waals surface area contributed by atoms with Crippen molar-refractivity contribution >= 4 is 68.0 Å². The molecule has 20 heavy (non-hydrogen) atoms. The molecule has 0 fully saturated rings. The van der Waals surface area contributed by atoms with Crippen LogP contribution in [-0.4, -0.2) is 9.69 Å². The van der Waals surface area contributed by atoms with Crippen molar-refractivity contribution in [2.24, 2.45) is 0 Å². The Balaban J connectivity index is 2.19. The molecule has 1 heterocycles. The Hall–Kier alpha value is -0.260. The molecule has 0 radical (unpaired) electrons. The van der Waals surface area contributed by atoms with E-state index in [2.05, 4.69) is 15.9 Å². The fourth-order valence-electron chi connectivity index (χ4n) is 1.57. The monoisotopic (exact) mass is 411 g/mol. The Morgan fingerprint density at radius 3 is 2.60 bits per heavy atom. The molecule has 0 saturated carbocycles. The predicted octanol–water partition coefficient (Wildman–Crippen LogP) is 6.04. The number of rotatable bonds is 3. The number of halogens is 4. The quantitative estimate of drug-likeness (QED) is 0.371. The average molecular weight is 414 g/mol. The van der Waals surface area contributed by atoms with Gasteiger partial charge in [-0.05, 0) is 33.1 Å². The molecule has 0 amide bonds. The highest BCUT2D eigenvalue weighted by atomic mass is 79.9. The molecular weight excluding hydrogens is 404 g/mol. The number of hydrogen-bond donors (Lipinski definition) is 1. The molecule has 0 bridgehead atoms. The highest BCUT2D eigenvalue weighted by Crippen LogP contribution is 2.33.